The molecule has 1 fully saturated rings. The minimum atomic E-state index is 0.542. The second kappa shape index (κ2) is 4.28. The third kappa shape index (κ3) is 2.84. The first kappa shape index (κ1) is 8.45. The summed E-state index contributed by atoms with van der Waals surface area (Å²) >= 11 is 0. The van der Waals surface area contributed by atoms with E-state index >= 15 is 0 Å². The molecule has 1 rings (SSSR count). The van der Waals surface area contributed by atoms with Crippen molar-refractivity contribution in [3.8, 4) is 6.19 Å². The fourth-order valence-electron chi connectivity index (χ4n) is 1.50. The molecule has 1 N–H and O–H groups in total. The van der Waals surface area contributed by atoms with E-state index in [-0.39, 0.29) is 0 Å². The molecule has 0 aromatic rings. The summed E-state index contributed by atoms with van der Waals surface area (Å²) in [5.41, 5.74) is 0. The summed E-state index contributed by atoms with van der Waals surface area (Å²) in [4.78, 5) is 0. The maximum absolute atomic E-state index is 8.23. The zero-order chi connectivity index (χ0) is 8.10. The summed E-state index contributed by atoms with van der Waals surface area (Å²) in [6.45, 7) is 2.16. The molecule has 0 amide bonds. The van der Waals surface area contributed by atoms with Crippen molar-refractivity contribution >= 4 is 7.41 Å². The van der Waals surface area contributed by atoms with Crippen LogP contribution in [-0.4, -0.2) is 7.41 Å². The number of nitriles is 1. The Morgan fingerprint density at radius 1 is 1.73 bits per heavy atom. The number of hydrogen-bond acceptors (Lipinski definition) is 2. The van der Waals surface area contributed by atoms with Crippen LogP contribution in [0.4, 0.5) is 0 Å². The molecular formula is C8H14BN2. The van der Waals surface area contributed by atoms with E-state index in [2.05, 4.69) is 12.2 Å². The van der Waals surface area contributed by atoms with E-state index in [0.29, 0.717) is 5.82 Å². The number of nitrogens with one attached hydrogen (secondary N) is 1. The molecule has 1 atom stereocenters. The van der Waals surface area contributed by atoms with Gasteiger partial charge < -0.3 is 5.23 Å². The van der Waals surface area contributed by atoms with Crippen LogP contribution in [-0.2, 0) is 0 Å². The van der Waals surface area contributed by atoms with Crippen molar-refractivity contribution < 1.29 is 0 Å². The Balaban J connectivity index is 2.01. The normalized spacial score (nSPS) is 19.6. The summed E-state index contributed by atoms with van der Waals surface area (Å²) < 4.78 is 0. The molecule has 0 bridgehead atoms. The van der Waals surface area contributed by atoms with Crippen LogP contribution in [0.3, 0.4) is 0 Å². The fraction of sp³-hybridized carbons (Fsp3) is 0.875. The largest absolute Gasteiger partial charge is 0.371 e. The smallest absolute Gasteiger partial charge is 0.258 e. The molecule has 11 heavy (non-hydrogen) atoms. The summed E-state index contributed by atoms with van der Waals surface area (Å²) in [6.07, 6.45) is 7.34. The lowest BCUT2D eigenvalue weighted by Gasteiger charge is -2.27. The molecular weight excluding hydrogens is 135 g/mol. The highest BCUT2D eigenvalue weighted by molar-refractivity contribution is 6.34. The van der Waals surface area contributed by atoms with E-state index in [9.17, 15) is 0 Å². The molecule has 3 heteroatoms. The second-order valence-corrected chi connectivity index (χ2v) is 3.43. The van der Waals surface area contributed by atoms with Gasteiger partial charge in [-0.2, -0.15) is 5.26 Å². The highest BCUT2D eigenvalue weighted by Crippen LogP contribution is 2.33. The maximum Gasteiger partial charge on any atom is 0.258 e. The molecule has 0 spiro atoms. The lowest BCUT2D eigenvalue weighted by atomic mass is 9.68. The Morgan fingerprint density at radius 2 is 2.45 bits per heavy atom. The summed E-state index contributed by atoms with van der Waals surface area (Å²) in [5.74, 6) is 1.47. The highest BCUT2D eigenvalue weighted by Gasteiger charge is 2.20. The molecule has 0 aromatic carbocycles. The van der Waals surface area contributed by atoms with Gasteiger partial charge >= 0.3 is 0 Å². The van der Waals surface area contributed by atoms with Crippen molar-refractivity contribution in [2.24, 2.45) is 5.92 Å². The van der Waals surface area contributed by atoms with E-state index in [0.717, 1.165) is 5.92 Å². The van der Waals surface area contributed by atoms with Crippen LogP contribution in [0.15, 0.2) is 0 Å². The highest BCUT2D eigenvalue weighted by atomic mass is 14.7. The zero-order valence-electron chi connectivity index (χ0n) is 7.01. The number of rotatable bonds is 4. The summed E-state index contributed by atoms with van der Waals surface area (Å²) in [6, 6.07) is 0. The molecule has 0 aliphatic heterocycles. The number of hydrogen-bond donors (Lipinski definition) is 1. The first-order valence-corrected chi connectivity index (χ1v) is 4.31. The lowest BCUT2D eigenvalue weighted by molar-refractivity contribution is 0.293. The van der Waals surface area contributed by atoms with E-state index in [1.165, 1.54) is 25.7 Å². The molecule has 1 aliphatic carbocycles. The van der Waals surface area contributed by atoms with Crippen LogP contribution in [0.1, 0.15) is 32.6 Å². The van der Waals surface area contributed by atoms with Crippen molar-refractivity contribution in [3.63, 3.8) is 0 Å². The van der Waals surface area contributed by atoms with E-state index in [1.807, 2.05) is 13.6 Å². The van der Waals surface area contributed by atoms with Crippen LogP contribution < -0.4 is 5.23 Å². The summed E-state index contributed by atoms with van der Waals surface area (Å²) in [5, 5.41) is 10.8. The van der Waals surface area contributed by atoms with Gasteiger partial charge in [0.05, 0.1) is 0 Å². The van der Waals surface area contributed by atoms with Crippen LogP contribution in [0.5, 0.6) is 0 Å². The van der Waals surface area contributed by atoms with Crippen molar-refractivity contribution in [2.75, 3.05) is 0 Å². The van der Waals surface area contributed by atoms with Crippen LogP contribution >= 0.6 is 0 Å². The first-order valence-electron chi connectivity index (χ1n) is 4.31. The minimum absolute atomic E-state index is 0.542. The number of nitrogens with zero attached hydrogens (tertiary/aromatic N) is 1. The third-order valence-corrected chi connectivity index (χ3v) is 2.36. The predicted molar refractivity (Wildman–Crippen MR) is 45.9 cm³/mol. The van der Waals surface area contributed by atoms with Crippen molar-refractivity contribution in [1.82, 2.24) is 5.23 Å². The van der Waals surface area contributed by atoms with Crippen LogP contribution in [0.25, 0.3) is 0 Å². The Labute approximate surface area is 69.2 Å². The molecule has 1 unspecified atom stereocenters. The molecule has 1 saturated carbocycles. The molecule has 0 aromatic heterocycles. The molecule has 59 valence electrons. The molecule has 1 aliphatic rings. The van der Waals surface area contributed by atoms with Crippen molar-refractivity contribution in [1.29, 1.82) is 5.26 Å². The van der Waals surface area contributed by atoms with Gasteiger partial charge in [-0.25, -0.2) is 0 Å². The van der Waals surface area contributed by atoms with Gasteiger partial charge in [0, 0.05) is 0 Å². The Hall–Kier alpha value is -0.645. The fourth-order valence-corrected chi connectivity index (χ4v) is 1.50. The molecule has 2 nitrogen and oxygen atoms in total. The summed E-state index contributed by atoms with van der Waals surface area (Å²) in [7, 11) is 1.89. The Morgan fingerprint density at radius 3 is 2.91 bits per heavy atom. The molecule has 1 radical (unpaired) electrons. The van der Waals surface area contributed by atoms with Gasteiger partial charge in [0.25, 0.3) is 7.41 Å². The first-order chi connectivity index (χ1) is 5.33. The SMILES string of the molecule is CC([B]NC#N)CC1CCC1. The Bertz CT molecular complexity index is 149. The van der Waals surface area contributed by atoms with Gasteiger partial charge in [-0.15, -0.1) is 0 Å². The van der Waals surface area contributed by atoms with Gasteiger partial charge in [0.2, 0.25) is 0 Å². The monoisotopic (exact) mass is 149 g/mol. The van der Waals surface area contributed by atoms with E-state index in [1.54, 1.807) is 0 Å². The average Bonchev–Trinajstić information content (AvgIpc) is 1.93. The van der Waals surface area contributed by atoms with Crippen LogP contribution in [0.2, 0.25) is 5.82 Å². The quantitative estimate of drug-likeness (QED) is 0.375. The lowest BCUT2D eigenvalue weighted by Crippen LogP contribution is -2.21. The molecule has 0 heterocycles. The van der Waals surface area contributed by atoms with Gasteiger partial charge in [0.15, 0.2) is 6.19 Å². The van der Waals surface area contributed by atoms with Crippen molar-refractivity contribution in [3.05, 3.63) is 0 Å². The zero-order valence-corrected chi connectivity index (χ0v) is 7.01. The molecule has 0 saturated heterocycles. The van der Waals surface area contributed by atoms with Gasteiger partial charge in [-0.05, 0) is 11.7 Å². The van der Waals surface area contributed by atoms with Gasteiger partial charge in [-0.3, -0.25) is 0 Å². The maximum atomic E-state index is 8.23. The standard InChI is InChI=1S/C8H14BN2/c1-7(9-11-6-10)5-8-3-2-4-8/h7-8,11H,2-5H2,1H3. The third-order valence-electron chi connectivity index (χ3n) is 2.36. The second-order valence-electron chi connectivity index (χ2n) is 3.43. The van der Waals surface area contributed by atoms with Gasteiger partial charge in [-0.1, -0.05) is 32.6 Å². The Kier molecular flexibility index (Phi) is 3.29. The average molecular weight is 149 g/mol. The van der Waals surface area contributed by atoms with Gasteiger partial charge in [0.1, 0.15) is 0 Å². The van der Waals surface area contributed by atoms with Crippen molar-refractivity contribution in [2.45, 2.75) is 38.4 Å². The van der Waals surface area contributed by atoms with E-state index < -0.39 is 0 Å². The van der Waals surface area contributed by atoms with E-state index in [4.69, 9.17) is 5.26 Å². The van der Waals surface area contributed by atoms with Crippen LogP contribution in [0, 0.1) is 17.4 Å². The predicted octanol–water partition coefficient (Wildman–Crippen LogP) is 1.67. The minimum Gasteiger partial charge on any atom is -0.371 e. The topological polar surface area (TPSA) is 35.8 Å².